The quantitative estimate of drug-likeness (QED) is 0.403. The maximum atomic E-state index is 5.39. The van der Waals surface area contributed by atoms with E-state index in [0.29, 0.717) is 0 Å². The molecule has 0 aliphatic heterocycles. The van der Waals surface area contributed by atoms with Crippen molar-refractivity contribution in [3.05, 3.63) is 42.5 Å². The molecule has 1 nitrogen and oxygen atoms in total. The predicted molar refractivity (Wildman–Crippen MR) is 62.8 cm³/mol. The molecular weight excluding hydrogens is 192 g/mol. The van der Waals surface area contributed by atoms with Crippen molar-refractivity contribution >= 4 is 11.8 Å². The second-order valence-corrected chi connectivity index (χ2v) is 3.97. The molecular formula is C12H16OS. The van der Waals surface area contributed by atoms with Crippen LogP contribution in [0.5, 0.6) is 0 Å². The fraction of sp³-hybridized carbons (Fsp3) is 0.333. The smallest absolute Gasteiger partial charge is 0.0647 e. The third-order valence-electron chi connectivity index (χ3n) is 1.69. The van der Waals surface area contributed by atoms with Gasteiger partial charge < -0.3 is 4.74 Å². The number of hydrogen-bond donors (Lipinski definition) is 0. The van der Waals surface area contributed by atoms with E-state index in [1.807, 2.05) is 36.9 Å². The van der Waals surface area contributed by atoms with E-state index in [-0.39, 0.29) is 0 Å². The van der Waals surface area contributed by atoms with Crippen molar-refractivity contribution in [2.45, 2.75) is 11.8 Å². The van der Waals surface area contributed by atoms with Gasteiger partial charge in [-0.2, -0.15) is 0 Å². The lowest BCUT2D eigenvalue weighted by atomic mass is 10.4. The molecule has 2 heteroatoms. The second kappa shape index (κ2) is 7.65. The van der Waals surface area contributed by atoms with Gasteiger partial charge in [-0.05, 0) is 19.1 Å². The molecule has 0 saturated carbocycles. The van der Waals surface area contributed by atoms with E-state index in [4.69, 9.17) is 4.74 Å². The Kier molecular flexibility index (Phi) is 6.20. The van der Waals surface area contributed by atoms with Crippen molar-refractivity contribution in [3.8, 4) is 0 Å². The Morgan fingerprint density at radius 3 is 2.79 bits per heavy atom. The predicted octanol–water partition coefficient (Wildman–Crippen LogP) is 3.37. The molecule has 0 saturated heterocycles. The van der Waals surface area contributed by atoms with Crippen LogP contribution in [0.3, 0.4) is 0 Å². The fourth-order valence-corrected chi connectivity index (χ4v) is 1.77. The minimum Gasteiger partial charge on any atom is -0.377 e. The van der Waals surface area contributed by atoms with Crippen molar-refractivity contribution in [2.75, 3.05) is 19.0 Å². The van der Waals surface area contributed by atoms with Crippen LogP contribution in [0.1, 0.15) is 6.92 Å². The van der Waals surface area contributed by atoms with Gasteiger partial charge in [0.15, 0.2) is 0 Å². The summed E-state index contributed by atoms with van der Waals surface area (Å²) in [7, 11) is 0. The molecule has 0 amide bonds. The summed E-state index contributed by atoms with van der Waals surface area (Å²) < 4.78 is 5.39. The molecule has 1 aromatic rings. The molecule has 76 valence electrons. The van der Waals surface area contributed by atoms with Gasteiger partial charge in [0.1, 0.15) is 0 Å². The first kappa shape index (κ1) is 11.3. The first-order valence-electron chi connectivity index (χ1n) is 4.80. The summed E-state index contributed by atoms with van der Waals surface area (Å²) >= 11 is 1.83. The van der Waals surface area contributed by atoms with E-state index >= 15 is 0 Å². The standard InChI is InChI=1S/C12H16OS/c1-2-3-9-13-10-11-14-12-7-5-4-6-8-12/h2-8H,9-11H2,1H3. The second-order valence-electron chi connectivity index (χ2n) is 2.81. The first-order chi connectivity index (χ1) is 6.93. The average molecular weight is 208 g/mol. The molecule has 0 aliphatic carbocycles. The minimum atomic E-state index is 0.728. The molecule has 0 fully saturated rings. The highest BCUT2D eigenvalue weighted by molar-refractivity contribution is 7.99. The number of ether oxygens (including phenoxy) is 1. The number of benzene rings is 1. The van der Waals surface area contributed by atoms with Gasteiger partial charge in [-0.1, -0.05) is 30.4 Å². The largest absolute Gasteiger partial charge is 0.377 e. The van der Waals surface area contributed by atoms with Crippen LogP contribution in [0.4, 0.5) is 0 Å². The minimum absolute atomic E-state index is 0.728. The molecule has 0 aliphatic rings. The van der Waals surface area contributed by atoms with Crippen molar-refractivity contribution in [2.24, 2.45) is 0 Å². The van der Waals surface area contributed by atoms with Crippen LogP contribution in [0.25, 0.3) is 0 Å². The highest BCUT2D eigenvalue weighted by Gasteiger charge is 1.91. The first-order valence-corrected chi connectivity index (χ1v) is 5.79. The summed E-state index contributed by atoms with van der Waals surface area (Å²) in [5.41, 5.74) is 0. The fourth-order valence-electron chi connectivity index (χ4n) is 0.983. The summed E-state index contributed by atoms with van der Waals surface area (Å²) in [6.07, 6.45) is 4.03. The number of allylic oxidation sites excluding steroid dienone is 1. The zero-order valence-corrected chi connectivity index (χ0v) is 9.30. The average Bonchev–Trinajstić information content (AvgIpc) is 2.25. The molecule has 14 heavy (non-hydrogen) atoms. The van der Waals surface area contributed by atoms with E-state index < -0.39 is 0 Å². The zero-order chi connectivity index (χ0) is 10.1. The molecule has 0 unspecified atom stereocenters. The molecule has 0 aromatic heterocycles. The van der Waals surface area contributed by atoms with Crippen LogP contribution < -0.4 is 0 Å². The van der Waals surface area contributed by atoms with Gasteiger partial charge in [-0.25, -0.2) is 0 Å². The molecule has 0 N–H and O–H groups in total. The van der Waals surface area contributed by atoms with Crippen LogP contribution in [0.15, 0.2) is 47.4 Å². The Labute approximate surface area is 90.2 Å². The molecule has 0 atom stereocenters. The summed E-state index contributed by atoms with van der Waals surface area (Å²) in [5.74, 6) is 1.02. The maximum absolute atomic E-state index is 5.39. The number of rotatable bonds is 6. The van der Waals surface area contributed by atoms with Crippen molar-refractivity contribution in [1.29, 1.82) is 0 Å². The van der Waals surface area contributed by atoms with Gasteiger partial charge in [0.25, 0.3) is 0 Å². The van der Waals surface area contributed by atoms with E-state index in [1.165, 1.54) is 4.90 Å². The van der Waals surface area contributed by atoms with Crippen LogP contribution >= 0.6 is 11.8 Å². The Morgan fingerprint density at radius 1 is 1.29 bits per heavy atom. The number of thioether (sulfide) groups is 1. The van der Waals surface area contributed by atoms with E-state index in [9.17, 15) is 0 Å². The van der Waals surface area contributed by atoms with Gasteiger partial charge in [-0.3, -0.25) is 0 Å². The summed E-state index contributed by atoms with van der Waals surface area (Å²) in [5, 5.41) is 0. The molecule has 0 spiro atoms. The van der Waals surface area contributed by atoms with Gasteiger partial charge in [0, 0.05) is 10.6 Å². The van der Waals surface area contributed by atoms with Crippen molar-refractivity contribution in [3.63, 3.8) is 0 Å². The van der Waals surface area contributed by atoms with Crippen LogP contribution in [0, 0.1) is 0 Å². The third-order valence-corrected chi connectivity index (χ3v) is 2.67. The Balaban J connectivity index is 2.05. The Hall–Kier alpha value is -0.730. The Morgan fingerprint density at radius 2 is 2.07 bits per heavy atom. The maximum Gasteiger partial charge on any atom is 0.0647 e. The summed E-state index contributed by atoms with van der Waals surface area (Å²) in [4.78, 5) is 1.31. The van der Waals surface area contributed by atoms with E-state index in [1.54, 1.807) is 0 Å². The van der Waals surface area contributed by atoms with Crippen LogP contribution in [0.2, 0.25) is 0 Å². The zero-order valence-electron chi connectivity index (χ0n) is 8.48. The van der Waals surface area contributed by atoms with Gasteiger partial charge >= 0.3 is 0 Å². The SMILES string of the molecule is CC=CCOCCSc1ccccc1. The molecule has 1 rings (SSSR count). The van der Waals surface area contributed by atoms with Crippen LogP contribution in [-0.2, 0) is 4.74 Å². The normalized spacial score (nSPS) is 10.9. The lowest BCUT2D eigenvalue weighted by molar-refractivity contribution is 0.180. The highest BCUT2D eigenvalue weighted by Crippen LogP contribution is 2.16. The number of hydrogen-bond acceptors (Lipinski definition) is 2. The molecule has 0 radical (unpaired) electrons. The lowest BCUT2D eigenvalue weighted by Gasteiger charge is -2.01. The molecule has 1 aromatic carbocycles. The van der Waals surface area contributed by atoms with Gasteiger partial charge in [0.2, 0.25) is 0 Å². The van der Waals surface area contributed by atoms with Crippen LogP contribution in [-0.4, -0.2) is 19.0 Å². The van der Waals surface area contributed by atoms with E-state index in [0.717, 1.165) is 19.0 Å². The van der Waals surface area contributed by atoms with E-state index in [2.05, 4.69) is 24.3 Å². The summed E-state index contributed by atoms with van der Waals surface area (Å²) in [6.45, 7) is 3.54. The third kappa shape index (κ3) is 5.10. The summed E-state index contributed by atoms with van der Waals surface area (Å²) in [6, 6.07) is 10.4. The Bertz CT molecular complexity index is 256. The van der Waals surface area contributed by atoms with Crippen molar-refractivity contribution in [1.82, 2.24) is 0 Å². The van der Waals surface area contributed by atoms with Gasteiger partial charge in [0.05, 0.1) is 13.2 Å². The van der Waals surface area contributed by atoms with Crippen molar-refractivity contribution < 1.29 is 4.74 Å². The highest BCUT2D eigenvalue weighted by atomic mass is 32.2. The monoisotopic (exact) mass is 208 g/mol. The topological polar surface area (TPSA) is 9.23 Å². The molecule has 0 heterocycles. The molecule has 0 bridgehead atoms. The lowest BCUT2D eigenvalue weighted by Crippen LogP contribution is -1.96. The van der Waals surface area contributed by atoms with Gasteiger partial charge in [-0.15, -0.1) is 11.8 Å².